The van der Waals surface area contributed by atoms with E-state index >= 15 is 0 Å². The van der Waals surface area contributed by atoms with Crippen LogP contribution < -0.4 is 5.32 Å². The van der Waals surface area contributed by atoms with Gasteiger partial charge in [-0.1, -0.05) is 50.3 Å². The molecule has 0 saturated heterocycles. The van der Waals surface area contributed by atoms with Crippen molar-refractivity contribution in [1.29, 1.82) is 0 Å². The first-order valence-corrected chi connectivity index (χ1v) is 10.8. The minimum absolute atomic E-state index is 0.0983. The Hall–Kier alpha value is -1.98. The summed E-state index contributed by atoms with van der Waals surface area (Å²) in [6.07, 6.45) is 9.45. The zero-order chi connectivity index (χ0) is 19.7. The lowest BCUT2D eigenvalue weighted by Crippen LogP contribution is -2.32. The molecule has 0 radical (unpaired) electrons. The van der Waals surface area contributed by atoms with E-state index in [0.29, 0.717) is 5.92 Å². The molecule has 1 aromatic carbocycles. The number of nitrogens with zero attached hydrogens (tertiary/aromatic N) is 3. The molecule has 146 valence electrons. The van der Waals surface area contributed by atoms with Gasteiger partial charge in [-0.05, 0) is 63.9 Å². The third-order valence-electron chi connectivity index (χ3n) is 5.65. The summed E-state index contributed by atoms with van der Waals surface area (Å²) in [4.78, 5) is 4.98. The highest BCUT2D eigenvalue weighted by molar-refractivity contribution is 9.10. The number of fused-ring (bicyclic) bond motifs is 1. The monoisotopic (exact) mass is 438 g/mol. The summed E-state index contributed by atoms with van der Waals surface area (Å²) in [7, 11) is 0. The van der Waals surface area contributed by atoms with Crippen molar-refractivity contribution in [3.05, 3.63) is 69.4 Å². The maximum atomic E-state index is 4.98. The SMILES string of the molecule is CCc1ccc(CNC2CC(C3=C(C)C=CC(C)C3)=Nc3c(Br)cnn32)cc1. The predicted octanol–water partition coefficient (Wildman–Crippen LogP) is 5.89. The van der Waals surface area contributed by atoms with Crippen LogP contribution in [0.15, 0.2) is 63.2 Å². The van der Waals surface area contributed by atoms with Gasteiger partial charge in [-0.25, -0.2) is 9.67 Å². The Morgan fingerprint density at radius 2 is 1.93 bits per heavy atom. The second-order valence-electron chi connectivity index (χ2n) is 7.79. The van der Waals surface area contributed by atoms with Crippen LogP contribution in [0.1, 0.15) is 50.9 Å². The van der Waals surface area contributed by atoms with Gasteiger partial charge in [0.1, 0.15) is 6.17 Å². The van der Waals surface area contributed by atoms with Crippen molar-refractivity contribution in [2.75, 3.05) is 0 Å². The van der Waals surface area contributed by atoms with Crippen LogP contribution in [0.2, 0.25) is 0 Å². The molecule has 1 N–H and O–H groups in total. The van der Waals surface area contributed by atoms with E-state index in [1.54, 1.807) is 0 Å². The normalized spacial score (nSPS) is 21.6. The third kappa shape index (κ3) is 3.91. The smallest absolute Gasteiger partial charge is 0.166 e. The minimum atomic E-state index is 0.0983. The number of aromatic nitrogens is 2. The Labute approximate surface area is 175 Å². The molecule has 0 amide bonds. The Morgan fingerprint density at radius 1 is 1.18 bits per heavy atom. The van der Waals surface area contributed by atoms with Gasteiger partial charge in [-0.3, -0.25) is 5.32 Å². The molecule has 4 nitrogen and oxygen atoms in total. The van der Waals surface area contributed by atoms with Crippen molar-refractivity contribution in [3.63, 3.8) is 0 Å². The number of halogens is 1. The lowest BCUT2D eigenvalue weighted by Gasteiger charge is -2.28. The lowest BCUT2D eigenvalue weighted by molar-refractivity contribution is 0.375. The number of aryl methyl sites for hydroxylation is 1. The molecule has 2 aromatic rings. The molecule has 1 aliphatic heterocycles. The van der Waals surface area contributed by atoms with Gasteiger partial charge in [0, 0.05) is 18.7 Å². The lowest BCUT2D eigenvalue weighted by atomic mass is 9.87. The highest BCUT2D eigenvalue weighted by Crippen LogP contribution is 2.36. The Bertz CT molecular complexity index is 949. The Morgan fingerprint density at radius 3 is 2.68 bits per heavy atom. The number of aliphatic imine (C=N–C) groups is 1. The van der Waals surface area contributed by atoms with Gasteiger partial charge in [0.25, 0.3) is 0 Å². The van der Waals surface area contributed by atoms with Gasteiger partial charge in [0.05, 0.1) is 10.7 Å². The van der Waals surface area contributed by atoms with Crippen molar-refractivity contribution in [3.8, 4) is 0 Å². The average Bonchev–Trinajstić information content (AvgIpc) is 3.09. The van der Waals surface area contributed by atoms with Gasteiger partial charge >= 0.3 is 0 Å². The predicted molar refractivity (Wildman–Crippen MR) is 119 cm³/mol. The number of allylic oxidation sites excluding steroid dienone is 4. The summed E-state index contributed by atoms with van der Waals surface area (Å²) in [5.41, 5.74) is 6.55. The van der Waals surface area contributed by atoms with Crippen LogP contribution in [0, 0.1) is 5.92 Å². The standard InChI is InChI=1S/C23H27BrN4/c1-4-17-7-9-18(10-8-17)13-25-22-12-21(19-11-15(2)5-6-16(19)3)27-23-20(24)14-26-28(22)23/h5-10,14-15,22,25H,4,11-13H2,1-3H3. The molecule has 1 aromatic heterocycles. The molecule has 0 bridgehead atoms. The van der Waals surface area contributed by atoms with Crippen molar-refractivity contribution in [2.45, 2.75) is 52.7 Å². The Balaban J connectivity index is 1.58. The summed E-state index contributed by atoms with van der Waals surface area (Å²) in [6.45, 7) is 7.46. The molecule has 0 saturated carbocycles. The first-order chi connectivity index (χ1) is 13.5. The van der Waals surface area contributed by atoms with E-state index in [2.05, 4.69) is 83.5 Å². The zero-order valence-electron chi connectivity index (χ0n) is 16.7. The second-order valence-corrected chi connectivity index (χ2v) is 8.65. The summed E-state index contributed by atoms with van der Waals surface area (Å²) in [5, 5.41) is 8.26. The molecule has 2 heterocycles. The zero-order valence-corrected chi connectivity index (χ0v) is 18.3. The highest BCUT2D eigenvalue weighted by atomic mass is 79.9. The molecule has 2 aliphatic rings. The maximum Gasteiger partial charge on any atom is 0.166 e. The van der Waals surface area contributed by atoms with Gasteiger partial charge < -0.3 is 0 Å². The molecule has 28 heavy (non-hydrogen) atoms. The summed E-state index contributed by atoms with van der Waals surface area (Å²) < 4.78 is 2.95. The van der Waals surface area contributed by atoms with E-state index in [-0.39, 0.29) is 6.17 Å². The number of nitrogens with one attached hydrogen (secondary N) is 1. The largest absolute Gasteiger partial charge is 0.291 e. The highest BCUT2D eigenvalue weighted by Gasteiger charge is 2.28. The van der Waals surface area contributed by atoms with Crippen LogP contribution >= 0.6 is 15.9 Å². The topological polar surface area (TPSA) is 42.2 Å². The quantitative estimate of drug-likeness (QED) is 0.632. The van der Waals surface area contributed by atoms with Crippen molar-refractivity contribution < 1.29 is 0 Å². The molecular formula is C23H27BrN4. The molecule has 2 atom stereocenters. The van der Waals surface area contributed by atoms with Crippen LogP contribution in [0.3, 0.4) is 0 Å². The number of hydrogen-bond acceptors (Lipinski definition) is 3. The summed E-state index contributed by atoms with van der Waals surface area (Å²) >= 11 is 3.62. The fourth-order valence-corrected chi connectivity index (χ4v) is 4.26. The van der Waals surface area contributed by atoms with E-state index in [9.17, 15) is 0 Å². The fraction of sp³-hybridized carbons (Fsp3) is 0.391. The number of benzene rings is 1. The fourth-order valence-electron chi connectivity index (χ4n) is 3.89. The second kappa shape index (κ2) is 8.18. The number of hydrogen-bond donors (Lipinski definition) is 1. The molecule has 0 spiro atoms. The van der Waals surface area contributed by atoms with Crippen molar-refractivity contribution in [2.24, 2.45) is 10.9 Å². The molecular weight excluding hydrogens is 412 g/mol. The molecule has 2 unspecified atom stereocenters. The molecule has 4 rings (SSSR count). The third-order valence-corrected chi connectivity index (χ3v) is 6.21. The maximum absolute atomic E-state index is 4.98. The van der Waals surface area contributed by atoms with Gasteiger partial charge in [-0.15, -0.1) is 0 Å². The van der Waals surface area contributed by atoms with Crippen LogP contribution in [0.25, 0.3) is 0 Å². The van der Waals surface area contributed by atoms with Crippen molar-refractivity contribution >= 4 is 27.5 Å². The molecule has 0 fully saturated rings. The van der Waals surface area contributed by atoms with Gasteiger partial charge in [-0.2, -0.15) is 5.10 Å². The first kappa shape index (κ1) is 19.3. The Kier molecular flexibility index (Phi) is 5.65. The van der Waals surface area contributed by atoms with E-state index in [1.165, 1.54) is 28.0 Å². The van der Waals surface area contributed by atoms with Gasteiger partial charge in [0.15, 0.2) is 5.82 Å². The van der Waals surface area contributed by atoms with Gasteiger partial charge in [0.2, 0.25) is 0 Å². The molecule has 1 aliphatic carbocycles. The van der Waals surface area contributed by atoms with E-state index in [1.807, 2.05) is 10.9 Å². The average molecular weight is 439 g/mol. The first-order valence-electron chi connectivity index (χ1n) is 10.0. The van der Waals surface area contributed by atoms with E-state index < -0.39 is 0 Å². The minimum Gasteiger partial charge on any atom is -0.291 e. The number of rotatable bonds is 5. The van der Waals surface area contributed by atoms with Crippen molar-refractivity contribution in [1.82, 2.24) is 15.1 Å². The van der Waals surface area contributed by atoms with E-state index in [4.69, 9.17) is 4.99 Å². The van der Waals surface area contributed by atoms with Crippen LogP contribution in [-0.4, -0.2) is 15.5 Å². The van der Waals surface area contributed by atoms with E-state index in [0.717, 1.165) is 36.1 Å². The summed E-state index contributed by atoms with van der Waals surface area (Å²) in [5.74, 6) is 1.46. The van der Waals surface area contributed by atoms with Crippen LogP contribution in [-0.2, 0) is 13.0 Å². The molecule has 5 heteroatoms. The van der Waals surface area contributed by atoms with Crippen LogP contribution in [0.5, 0.6) is 0 Å². The van der Waals surface area contributed by atoms with Crippen LogP contribution in [0.4, 0.5) is 5.82 Å². The summed E-state index contributed by atoms with van der Waals surface area (Å²) in [6, 6.07) is 8.85.